The van der Waals surface area contributed by atoms with Crippen LogP contribution in [0.2, 0.25) is 0 Å². The predicted molar refractivity (Wildman–Crippen MR) is 134 cm³/mol. The number of unbranched alkanes of at least 4 members (excludes halogenated alkanes) is 11. The van der Waals surface area contributed by atoms with Crippen molar-refractivity contribution < 1.29 is 19.0 Å². The molecule has 5 heteroatoms. The molecule has 0 aliphatic rings. The molecule has 0 spiro atoms. The third-order valence-electron chi connectivity index (χ3n) is 5.66. The fourth-order valence-corrected chi connectivity index (χ4v) is 3.71. The second-order valence-electron chi connectivity index (χ2n) is 8.29. The number of ether oxygens (including phenoxy) is 3. The maximum absolute atomic E-state index is 12.3. The van der Waals surface area contributed by atoms with Gasteiger partial charge in [-0.2, -0.15) is 0 Å². The van der Waals surface area contributed by atoms with Gasteiger partial charge in [0, 0.05) is 18.6 Å². The second-order valence-corrected chi connectivity index (χ2v) is 8.29. The molecule has 0 aliphatic carbocycles. The molecule has 0 atom stereocenters. The zero-order valence-corrected chi connectivity index (χ0v) is 20.8. The highest BCUT2D eigenvalue weighted by molar-refractivity contribution is 5.94. The van der Waals surface area contributed by atoms with Crippen LogP contribution in [-0.4, -0.2) is 27.2 Å². The van der Waals surface area contributed by atoms with Crippen LogP contribution in [-0.2, 0) is 4.79 Å². The van der Waals surface area contributed by atoms with Crippen molar-refractivity contribution in [2.75, 3.05) is 26.6 Å². The number of hydrogen-bond donors (Lipinski definition) is 1. The lowest BCUT2D eigenvalue weighted by atomic mass is 10.1. The molecule has 5 nitrogen and oxygen atoms in total. The zero-order valence-electron chi connectivity index (χ0n) is 20.8. The van der Waals surface area contributed by atoms with E-state index < -0.39 is 0 Å². The number of amides is 1. The summed E-state index contributed by atoms with van der Waals surface area (Å²) in [4.78, 5) is 12.3. The van der Waals surface area contributed by atoms with Gasteiger partial charge in [-0.05, 0) is 19.3 Å². The predicted octanol–water partition coefficient (Wildman–Crippen LogP) is 7.69. The molecule has 0 unspecified atom stereocenters. The van der Waals surface area contributed by atoms with E-state index in [9.17, 15) is 4.79 Å². The average molecular weight is 448 g/mol. The molecular formula is C27H45NO4. The Morgan fingerprint density at radius 3 is 1.75 bits per heavy atom. The summed E-state index contributed by atoms with van der Waals surface area (Å²) >= 11 is 0. The number of hydrogen-bond acceptors (Lipinski definition) is 4. The molecule has 0 saturated carbocycles. The zero-order chi connectivity index (χ0) is 23.4. The van der Waals surface area contributed by atoms with Crippen molar-refractivity contribution >= 4 is 11.6 Å². The van der Waals surface area contributed by atoms with Crippen molar-refractivity contribution in [2.24, 2.45) is 0 Å². The SMILES string of the molecule is CCCCCCCCCCCCCC=CCCC(=O)Nc1c(OC)cc(OC)cc1OC. The molecular weight excluding hydrogens is 402 g/mol. The highest BCUT2D eigenvalue weighted by Gasteiger charge is 2.15. The molecule has 32 heavy (non-hydrogen) atoms. The molecule has 1 N–H and O–H groups in total. The second kappa shape index (κ2) is 18.4. The van der Waals surface area contributed by atoms with Gasteiger partial charge in [0.05, 0.1) is 21.3 Å². The van der Waals surface area contributed by atoms with E-state index in [2.05, 4.69) is 24.4 Å². The van der Waals surface area contributed by atoms with E-state index in [1.807, 2.05) is 0 Å². The van der Waals surface area contributed by atoms with Crippen LogP contribution < -0.4 is 19.5 Å². The first-order valence-corrected chi connectivity index (χ1v) is 12.4. The minimum Gasteiger partial charge on any atom is -0.496 e. The van der Waals surface area contributed by atoms with Crippen LogP contribution >= 0.6 is 0 Å². The van der Waals surface area contributed by atoms with Crippen LogP contribution in [0.5, 0.6) is 17.2 Å². The van der Waals surface area contributed by atoms with Crippen molar-refractivity contribution in [3.05, 3.63) is 24.3 Å². The molecule has 1 rings (SSSR count). The molecule has 1 aromatic rings. The van der Waals surface area contributed by atoms with Crippen LogP contribution in [0.4, 0.5) is 5.69 Å². The van der Waals surface area contributed by atoms with Gasteiger partial charge >= 0.3 is 0 Å². The standard InChI is InChI=1S/C27H45NO4/c1-5-6-7-8-9-10-11-12-13-14-15-16-17-18-19-20-26(29)28-27-24(31-3)21-23(30-2)22-25(27)32-4/h17-18,21-22H,5-16,19-20H2,1-4H3,(H,28,29). The fourth-order valence-electron chi connectivity index (χ4n) is 3.71. The van der Waals surface area contributed by atoms with Crippen LogP contribution in [0.15, 0.2) is 24.3 Å². The molecule has 0 fully saturated rings. The Morgan fingerprint density at radius 2 is 1.25 bits per heavy atom. The Bertz CT molecular complexity index is 632. The van der Waals surface area contributed by atoms with Gasteiger partial charge in [-0.15, -0.1) is 0 Å². The van der Waals surface area contributed by atoms with Gasteiger partial charge in [-0.3, -0.25) is 4.79 Å². The molecule has 0 aliphatic heterocycles. The monoisotopic (exact) mass is 447 g/mol. The highest BCUT2D eigenvalue weighted by atomic mass is 16.5. The topological polar surface area (TPSA) is 56.8 Å². The van der Waals surface area contributed by atoms with Gasteiger partial charge in [0.2, 0.25) is 5.91 Å². The van der Waals surface area contributed by atoms with Crippen LogP contribution in [0.1, 0.15) is 96.8 Å². The first-order chi connectivity index (χ1) is 15.7. The van der Waals surface area contributed by atoms with E-state index in [4.69, 9.17) is 14.2 Å². The summed E-state index contributed by atoms with van der Waals surface area (Å²) in [5.41, 5.74) is 0.533. The minimum atomic E-state index is -0.0638. The minimum absolute atomic E-state index is 0.0638. The van der Waals surface area contributed by atoms with Crippen LogP contribution in [0.3, 0.4) is 0 Å². The summed E-state index contributed by atoms with van der Waals surface area (Å²) in [6.07, 6.45) is 21.6. The Hall–Kier alpha value is -2.17. The number of nitrogens with one attached hydrogen (secondary N) is 1. The number of anilines is 1. The number of carbonyl (C=O) groups is 1. The number of benzene rings is 1. The van der Waals surface area contributed by atoms with E-state index in [0.717, 1.165) is 12.8 Å². The summed E-state index contributed by atoms with van der Waals surface area (Å²) in [6.45, 7) is 2.27. The first-order valence-electron chi connectivity index (χ1n) is 12.4. The van der Waals surface area contributed by atoms with Crippen molar-refractivity contribution in [2.45, 2.75) is 96.8 Å². The van der Waals surface area contributed by atoms with Crippen LogP contribution in [0, 0.1) is 0 Å². The van der Waals surface area contributed by atoms with Gasteiger partial charge in [0.25, 0.3) is 0 Å². The molecule has 0 heterocycles. The first kappa shape index (κ1) is 27.9. The quantitative estimate of drug-likeness (QED) is 0.174. The summed E-state index contributed by atoms with van der Waals surface area (Å²) in [7, 11) is 4.69. The van der Waals surface area contributed by atoms with Crippen molar-refractivity contribution in [3.63, 3.8) is 0 Å². The number of methoxy groups -OCH3 is 3. The Balaban J connectivity index is 2.15. The number of rotatable bonds is 19. The van der Waals surface area contributed by atoms with Gasteiger partial charge in [0.15, 0.2) is 0 Å². The summed E-state index contributed by atoms with van der Waals surface area (Å²) < 4.78 is 16.0. The maximum atomic E-state index is 12.3. The van der Waals surface area contributed by atoms with E-state index in [1.54, 1.807) is 33.5 Å². The van der Waals surface area contributed by atoms with Crippen LogP contribution in [0.25, 0.3) is 0 Å². The Labute approximate surface area is 195 Å². The molecule has 0 bridgehead atoms. The maximum Gasteiger partial charge on any atom is 0.224 e. The number of allylic oxidation sites excluding steroid dienone is 2. The molecule has 1 aromatic carbocycles. The summed E-state index contributed by atoms with van der Waals surface area (Å²) in [6, 6.07) is 3.46. The molecule has 1 amide bonds. The molecule has 0 saturated heterocycles. The van der Waals surface area contributed by atoms with E-state index in [0.29, 0.717) is 29.4 Å². The van der Waals surface area contributed by atoms with E-state index in [-0.39, 0.29) is 5.91 Å². The van der Waals surface area contributed by atoms with E-state index >= 15 is 0 Å². The number of carbonyl (C=O) groups excluding carboxylic acids is 1. The van der Waals surface area contributed by atoms with Crippen molar-refractivity contribution in [1.82, 2.24) is 0 Å². The average Bonchev–Trinajstić information content (AvgIpc) is 2.81. The Kier molecular flexibility index (Phi) is 16.0. The van der Waals surface area contributed by atoms with E-state index in [1.165, 1.54) is 70.6 Å². The normalized spacial score (nSPS) is 11.0. The van der Waals surface area contributed by atoms with Crippen molar-refractivity contribution in [1.29, 1.82) is 0 Å². The van der Waals surface area contributed by atoms with Gasteiger partial charge in [-0.25, -0.2) is 0 Å². The highest BCUT2D eigenvalue weighted by Crippen LogP contribution is 2.38. The van der Waals surface area contributed by atoms with Gasteiger partial charge in [0.1, 0.15) is 22.9 Å². The Morgan fingerprint density at radius 1 is 0.750 bits per heavy atom. The summed E-state index contributed by atoms with van der Waals surface area (Å²) in [5, 5.41) is 2.90. The van der Waals surface area contributed by atoms with Gasteiger partial charge < -0.3 is 19.5 Å². The molecule has 0 radical (unpaired) electrons. The largest absolute Gasteiger partial charge is 0.496 e. The lowest BCUT2D eigenvalue weighted by molar-refractivity contribution is -0.116. The smallest absolute Gasteiger partial charge is 0.224 e. The third-order valence-corrected chi connectivity index (χ3v) is 5.66. The van der Waals surface area contributed by atoms with Gasteiger partial charge in [-0.1, -0.05) is 83.3 Å². The lowest BCUT2D eigenvalue weighted by Crippen LogP contribution is -2.12. The third kappa shape index (κ3) is 12.0. The summed E-state index contributed by atoms with van der Waals surface area (Å²) in [5.74, 6) is 1.58. The van der Waals surface area contributed by atoms with Crippen molar-refractivity contribution in [3.8, 4) is 17.2 Å². The lowest BCUT2D eigenvalue weighted by Gasteiger charge is -2.15. The fraction of sp³-hybridized carbons (Fsp3) is 0.667. The molecule has 182 valence electrons. The molecule has 0 aromatic heterocycles.